The SMILES string of the molecule is COC(=O)Nc1cc(OC)c(NC(=O)Cn2cc[n+](CC(=O)Nc3cc(O)c(NC(=O)OC)cc3OC)c2)cc1O.[Cl-]. The standard InChI is InChI=1S/C25H28N6O10.ClH/c1-38-20-9-14(28-24(36)40-3)18(32)7-16(20)26-22(34)11-30-5-6-31(13-30)12-23(35)27-17-8-19(33)15(10-21(17)39-2)29-25(37)41-4;/h5-10,13H,11-12H2,1-4H3,(H5-,26,27,28,29,32,33,34,35,36,37);1H. The minimum absolute atomic E-state index is 0. The predicted octanol–water partition coefficient (Wildman–Crippen LogP) is -1.16. The van der Waals surface area contributed by atoms with Crippen molar-refractivity contribution in [1.82, 2.24) is 4.57 Å². The monoisotopic (exact) mass is 608 g/mol. The molecule has 3 rings (SSSR count). The van der Waals surface area contributed by atoms with Crippen molar-refractivity contribution in [3.8, 4) is 23.0 Å². The second kappa shape index (κ2) is 14.8. The van der Waals surface area contributed by atoms with E-state index < -0.39 is 24.0 Å². The Morgan fingerprint density at radius 1 is 0.738 bits per heavy atom. The van der Waals surface area contributed by atoms with Gasteiger partial charge in [0.05, 0.1) is 51.2 Å². The van der Waals surface area contributed by atoms with Gasteiger partial charge in [-0.15, -0.1) is 0 Å². The first-order valence-electron chi connectivity index (χ1n) is 11.7. The lowest BCUT2D eigenvalue weighted by atomic mass is 10.2. The minimum atomic E-state index is -0.795. The zero-order valence-corrected chi connectivity index (χ0v) is 23.6. The van der Waals surface area contributed by atoms with Crippen molar-refractivity contribution in [2.24, 2.45) is 0 Å². The molecule has 16 nitrogen and oxygen atoms in total. The third kappa shape index (κ3) is 8.56. The Bertz CT molecular complexity index is 1360. The smallest absolute Gasteiger partial charge is 0.411 e. The number of ether oxygens (including phenoxy) is 4. The van der Waals surface area contributed by atoms with E-state index in [1.807, 2.05) is 0 Å². The first-order valence-corrected chi connectivity index (χ1v) is 11.7. The van der Waals surface area contributed by atoms with Gasteiger partial charge in [-0.1, -0.05) is 0 Å². The second-order valence-corrected chi connectivity index (χ2v) is 8.23. The third-order valence-electron chi connectivity index (χ3n) is 5.43. The van der Waals surface area contributed by atoms with Crippen LogP contribution in [0.2, 0.25) is 0 Å². The van der Waals surface area contributed by atoms with Gasteiger partial charge in [0.15, 0.2) is 13.1 Å². The van der Waals surface area contributed by atoms with Crippen molar-refractivity contribution in [3.63, 3.8) is 0 Å². The molecule has 3 aromatic rings. The molecule has 0 atom stereocenters. The van der Waals surface area contributed by atoms with Crippen LogP contribution in [0.25, 0.3) is 0 Å². The third-order valence-corrected chi connectivity index (χ3v) is 5.43. The number of hydrogen-bond donors (Lipinski definition) is 6. The van der Waals surface area contributed by atoms with Gasteiger partial charge in [0.25, 0.3) is 11.8 Å². The van der Waals surface area contributed by atoms with E-state index in [2.05, 4.69) is 30.7 Å². The number of rotatable bonds is 10. The van der Waals surface area contributed by atoms with Crippen LogP contribution in [0.3, 0.4) is 0 Å². The zero-order valence-electron chi connectivity index (χ0n) is 22.9. The maximum atomic E-state index is 12.6. The first-order chi connectivity index (χ1) is 19.6. The maximum Gasteiger partial charge on any atom is 0.411 e. The van der Waals surface area contributed by atoms with Crippen molar-refractivity contribution < 1.29 is 65.3 Å². The number of carbonyl (C=O) groups excluding carboxylic acids is 4. The lowest BCUT2D eigenvalue weighted by Gasteiger charge is -2.13. The number of phenols is 2. The molecule has 226 valence electrons. The van der Waals surface area contributed by atoms with Crippen molar-refractivity contribution in [3.05, 3.63) is 43.0 Å². The van der Waals surface area contributed by atoms with E-state index >= 15 is 0 Å². The van der Waals surface area contributed by atoms with Gasteiger partial charge in [0, 0.05) is 24.3 Å². The Labute approximate surface area is 245 Å². The van der Waals surface area contributed by atoms with Crippen LogP contribution in [-0.4, -0.2) is 67.2 Å². The Balaban J connectivity index is 0.00000616. The number of benzene rings is 2. The molecule has 0 aliphatic carbocycles. The van der Waals surface area contributed by atoms with E-state index in [1.165, 1.54) is 68.2 Å². The van der Waals surface area contributed by atoms with Crippen molar-refractivity contribution in [2.45, 2.75) is 13.1 Å². The van der Waals surface area contributed by atoms with Crippen LogP contribution in [0.5, 0.6) is 23.0 Å². The van der Waals surface area contributed by atoms with Gasteiger partial charge in [-0.2, -0.15) is 0 Å². The summed E-state index contributed by atoms with van der Waals surface area (Å²) in [5, 5.41) is 30.3. The summed E-state index contributed by atoms with van der Waals surface area (Å²) < 4.78 is 22.5. The van der Waals surface area contributed by atoms with Gasteiger partial charge < -0.3 is 52.2 Å². The molecule has 0 bridgehead atoms. The predicted molar refractivity (Wildman–Crippen MR) is 143 cm³/mol. The number of nitrogens with one attached hydrogen (secondary N) is 4. The van der Waals surface area contributed by atoms with Crippen molar-refractivity contribution >= 4 is 46.8 Å². The van der Waals surface area contributed by atoms with E-state index in [9.17, 15) is 29.4 Å². The number of nitrogens with zero attached hydrogens (tertiary/aromatic N) is 2. The molecule has 0 radical (unpaired) electrons. The van der Waals surface area contributed by atoms with E-state index in [0.717, 1.165) is 0 Å². The number of halogens is 1. The highest BCUT2D eigenvalue weighted by Crippen LogP contribution is 2.36. The highest BCUT2D eigenvalue weighted by Gasteiger charge is 2.19. The van der Waals surface area contributed by atoms with Gasteiger partial charge in [0.1, 0.15) is 35.4 Å². The molecule has 0 saturated carbocycles. The number of aromatic nitrogens is 2. The van der Waals surface area contributed by atoms with Crippen LogP contribution in [0.1, 0.15) is 0 Å². The number of hydrogen-bond acceptors (Lipinski definition) is 10. The fourth-order valence-corrected chi connectivity index (χ4v) is 3.53. The summed E-state index contributed by atoms with van der Waals surface area (Å²) in [6.07, 6.45) is 3.08. The average molecular weight is 609 g/mol. The molecule has 0 unspecified atom stereocenters. The number of amides is 4. The molecule has 6 N–H and O–H groups in total. The number of carbonyl (C=O) groups is 4. The van der Waals surface area contributed by atoms with Gasteiger partial charge in [0.2, 0.25) is 6.33 Å². The summed E-state index contributed by atoms with van der Waals surface area (Å²) in [4.78, 5) is 48.2. The fourth-order valence-electron chi connectivity index (χ4n) is 3.53. The van der Waals surface area contributed by atoms with E-state index in [0.29, 0.717) is 0 Å². The molecule has 4 amide bonds. The van der Waals surface area contributed by atoms with Crippen LogP contribution in [0, 0.1) is 0 Å². The van der Waals surface area contributed by atoms with E-state index in [4.69, 9.17) is 9.47 Å². The average Bonchev–Trinajstić information content (AvgIpc) is 3.37. The summed E-state index contributed by atoms with van der Waals surface area (Å²) in [7, 11) is 5.05. The summed E-state index contributed by atoms with van der Waals surface area (Å²) in [6, 6.07) is 5.07. The van der Waals surface area contributed by atoms with Crippen molar-refractivity contribution in [1.29, 1.82) is 0 Å². The maximum absolute atomic E-state index is 12.6. The Morgan fingerprint density at radius 2 is 1.21 bits per heavy atom. The Kier molecular flexibility index (Phi) is 11.6. The van der Waals surface area contributed by atoms with Crippen molar-refractivity contribution in [2.75, 3.05) is 49.7 Å². The molecule has 2 aromatic carbocycles. The lowest BCUT2D eigenvalue weighted by molar-refractivity contribution is -0.683. The summed E-state index contributed by atoms with van der Waals surface area (Å²) in [6.45, 7) is -0.284. The van der Waals surface area contributed by atoms with E-state index in [1.54, 1.807) is 12.4 Å². The molecular weight excluding hydrogens is 580 g/mol. The number of methoxy groups -OCH3 is 4. The van der Waals surface area contributed by atoms with Gasteiger partial charge >= 0.3 is 12.2 Å². The van der Waals surface area contributed by atoms with Gasteiger partial charge in [-0.25, -0.2) is 18.7 Å². The van der Waals surface area contributed by atoms with E-state index in [-0.39, 0.29) is 71.2 Å². The van der Waals surface area contributed by atoms with Crippen LogP contribution in [-0.2, 0) is 32.2 Å². The molecule has 17 heteroatoms. The van der Waals surface area contributed by atoms with Crippen LogP contribution in [0.4, 0.5) is 32.3 Å². The lowest BCUT2D eigenvalue weighted by Crippen LogP contribution is -3.00. The fraction of sp³-hybridized carbons (Fsp3) is 0.240. The molecule has 0 aliphatic heterocycles. The van der Waals surface area contributed by atoms with Crippen LogP contribution < -0.4 is 47.7 Å². The molecular formula is C25H29ClN6O10. The largest absolute Gasteiger partial charge is 1.00 e. The molecule has 0 spiro atoms. The first kappa shape index (κ1) is 32.8. The molecule has 0 saturated heterocycles. The Hall–Kier alpha value is -5.38. The topological polar surface area (TPSA) is 203 Å². The molecule has 0 aliphatic rings. The Morgan fingerprint density at radius 3 is 1.67 bits per heavy atom. The molecule has 0 fully saturated rings. The number of aromatic hydroxyl groups is 2. The number of phenolic OH excluding ortho intramolecular Hbond substituents is 2. The molecule has 1 aromatic heterocycles. The number of imidazole rings is 1. The van der Waals surface area contributed by atoms with Crippen LogP contribution in [0.15, 0.2) is 43.0 Å². The molecule has 1 heterocycles. The quantitative estimate of drug-likeness (QED) is 0.120. The second-order valence-electron chi connectivity index (χ2n) is 8.23. The van der Waals surface area contributed by atoms with Gasteiger partial charge in [-0.05, 0) is 0 Å². The zero-order chi connectivity index (χ0) is 30.1. The van der Waals surface area contributed by atoms with Crippen LogP contribution >= 0.6 is 0 Å². The number of anilines is 4. The molecule has 42 heavy (non-hydrogen) atoms. The minimum Gasteiger partial charge on any atom is -1.00 e. The van der Waals surface area contributed by atoms with Gasteiger partial charge in [-0.3, -0.25) is 20.2 Å². The summed E-state index contributed by atoms with van der Waals surface area (Å²) in [5.41, 5.74) is 0.376. The normalized spacial score (nSPS) is 10.0. The highest BCUT2D eigenvalue weighted by atomic mass is 35.5. The summed E-state index contributed by atoms with van der Waals surface area (Å²) in [5.74, 6) is -1.23. The highest BCUT2D eigenvalue weighted by molar-refractivity contribution is 5.95. The summed E-state index contributed by atoms with van der Waals surface area (Å²) >= 11 is 0.